The zero-order valence-corrected chi connectivity index (χ0v) is 12.5. The van der Waals surface area contributed by atoms with Gasteiger partial charge in [0.05, 0.1) is 11.6 Å². The van der Waals surface area contributed by atoms with Crippen LogP contribution in [-0.2, 0) is 12.8 Å². The number of carbonyl (C=O) groups is 1. The average Bonchev–Trinajstić information content (AvgIpc) is 3.02. The van der Waals surface area contributed by atoms with E-state index in [2.05, 4.69) is 12.1 Å². The van der Waals surface area contributed by atoms with Gasteiger partial charge in [0.2, 0.25) is 5.78 Å². The fourth-order valence-electron chi connectivity index (χ4n) is 2.83. The number of nitrogens with zero attached hydrogens (tertiary/aromatic N) is 1. The SMILES string of the molecule is C[C@@H](Oc1ccc(C#N)cc1)C(=O)c1ccc2c(c1)CCC2. The van der Waals surface area contributed by atoms with Crippen molar-refractivity contribution >= 4 is 5.78 Å². The molecule has 2 aromatic carbocycles. The van der Waals surface area contributed by atoms with Crippen molar-refractivity contribution in [3.05, 3.63) is 64.7 Å². The molecule has 0 aliphatic heterocycles. The maximum atomic E-state index is 12.5. The summed E-state index contributed by atoms with van der Waals surface area (Å²) in [6, 6.07) is 14.8. The molecule has 3 heteroatoms. The number of hydrogen-bond acceptors (Lipinski definition) is 3. The van der Waals surface area contributed by atoms with Crippen LogP contribution < -0.4 is 4.74 Å². The second-order valence-electron chi connectivity index (χ2n) is 5.60. The van der Waals surface area contributed by atoms with Crippen LogP contribution in [0.1, 0.15) is 40.4 Å². The molecule has 0 N–H and O–H groups in total. The first-order chi connectivity index (χ1) is 10.7. The van der Waals surface area contributed by atoms with Crippen molar-refractivity contribution in [2.24, 2.45) is 0 Å². The smallest absolute Gasteiger partial charge is 0.203 e. The Balaban J connectivity index is 1.72. The quantitative estimate of drug-likeness (QED) is 0.807. The Morgan fingerprint density at radius 2 is 1.86 bits per heavy atom. The number of hydrogen-bond donors (Lipinski definition) is 0. The normalized spacial score (nSPS) is 14.0. The summed E-state index contributed by atoms with van der Waals surface area (Å²) in [6.07, 6.45) is 2.79. The molecule has 0 aromatic heterocycles. The average molecular weight is 291 g/mol. The summed E-state index contributed by atoms with van der Waals surface area (Å²) in [5.41, 5.74) is 3.93. The second-order valence-corrected chi connectivity index (χ2v) is 5.60. The summed E-state index contributed by atoms with van der Waals surface area (Å²) in [5, 5.41) is 8.78. The highest BCUT2D eigenvalue weighted by Crippen LogP contribution is 2.24. The van der Waals surface area contributed by atoms with Gasteiger partial charge in [0.25, 0.3) is 0 Å². The van der Waals surface area contributed by atoms with Gasteiger partial charge < -0.3 is 4.74 Å². The molecule has 3 nitrogen and oxygen atoms in total. The summed E-state index contributed by atoms with van der Waals surface area (Å²) in [5.74, 6) is 0.583. The van der Waals surface area contributed by atoms with Gasteiger partial charge in [-0.1, -0.05) is 12.1 Å². The first kappa shape index (κ1) is 14.3. The van der Waals surface area contributed by atoms with Crippen LogP contribution in [0.3, 0.4) is 0 Å². The molecule has 0 radical (unpaired) electrons. The lowest BCUT2D eigenvalue weighted by atomic mass is 10.0. The maximum Gasteiger partial charge on any atom is 0.203 e. The summed E-state index contributed by atoms with van der Waals surface area (Å²) >= 11 is 0. The fraction of sp³-hybridized carbons (Fsp3) is 0.263. The van der Waals surface area contributed by atoms with Gasteiger partial charge in [-0.25, -0.2) is 0 Å². The van der Waals surface area contributed by atoms with Gasteiger partial charge in [0, 0.05) is 5.56 Å². The molecule has 0 fully saturated rings. The van der Waals surface area contributed by atoms with E-state index in [0.29, 0.717) is 16.9 Å². The van der Waals surface area contributed by atoms with Gasteiger partial charge in [-0.15, -0.1) is 0 Å². The highest BCUT2D eigenvalue weighted by Gasteiger charge is 2.19. The Hall–Kier alpha value is -2.60. The molecule has 0 saturated heterocycles. The Kier molecular flexibility index (Phi) is 3.93. The summed E-state index contributed by atoms with van der Waals surface area (Å²) < 4.78 is 5.69. The first-order valence-electron chi connectivity index (χ1n) is 7.50. The van der Waals surface area contributed by atoms with Crippen molar-refractivity contribution in [3.8, 4) is 11.8 Å². The van der Waals surface area contributed by atoms with Crippen molar-refractivity contribution in [3.63, 3.8) is 0 Å². The fourth-order valence-corrected chi connectivity index (χ4v) is 2.83. The lowest BCUT2D eigenvalue weighted by molar-refractivity contribution is 0.0818. The van der Waals surface area contributed by atoms with Gasteiger partial charge in [-0.05, 0) is 67.6 Å². The number of fused-ring (bicyclic) bond motifs is 1. The third kappa shape index (κ3) is 2.87. The number of aryl methyl sites for hydroxylation is 2. The molecular weight excluding hydrogens is 274 g/mol. The molecule has 110 valence electrons. The number of Topliss-reactive ketones (excluding diaryl/α,β-unsaturated/α-hetero) is 1. The van der Waals surface area contributed by atoms with E-state index < -0.39 is 6.10 Å². The van der Waals surface area contributed by atoms with Crippen molar-refractivity contribution < 1.29 is 9.53 Å². The Morgan fingerprint density at radius 3 is 2.59 bits per heavy atom. The molecule has 1 atom stereocenters. The summed E-state index contributed by atoms with van der Waals surface area (Å²) in [6.45, 7) is 1.76. The Morgan fingerprint density at radius 1 is 1.14 bits per heavy atom. The topological polar surface area (TPSA) is 50.1 Å². The monoisotopic (exact) mass is 291 g/mol. The number of ether oxygens (including phenoxy) is 1. The van der Waals surface area contributed by atoms with Crippen molar-refractivity contribution in [1.82, 2.24) is 0 Å². The molecule has 0 spiro atoms. The molecule has 1 aliphatic carbocycles. The van der Waals surface area contributed by atoms with Gasteiger partial charge in [0.15, 0.2) is 6.10 Å². The van der Waals surface area contributed by atoms with Crippen molar-refractivity contribution in [2.45, 2.75) is 32.3 Å². The molecule has 0 heterocycles. The maximum absolute atomic E-state index is 12.5. The van der Waals surface area contributed by atoms with Crippen LogP contribution in [0.4, 0.5) is 0 Å². The third-order valence-corrected chi connectivity index (χ3v) is 4.05. The predicted octanol–water partition coefficient (Wildman–Crippen LogP) is 3.70. The minimum absolute atomic E-state index is 0.0148. The third-order valence-electron chi connectivity index (χ3n) is 4.05. The van der Waals surface area contributed by atoms with Crippen LogP contribution in [0.2, 0.25) is 0 Å². The lowest BCUT2D eigenvalue weighted by Crippen LogP contribution is -2.24. The summed E-state index contributed by atoms with van der Waals surface area (Å²) in [7, 11) is 0. The number of nitriles is 1. The largest absolute Gasteiger partial charge is 0.483 e. The van der Waals surface area contributed by atoms with Crippen LogP contribution in [0, 0.1) is 11.3 Å². The van der Waals surface area contributed by atoms with Crippen LogP contribution in [0.5, 0.6) is 5.75 Å². The van der Waals surface area contributed by atoms with Gasteiger partial charge in [-0.2, -0.15) is 5.26 Å². The van der Waals surface area contributed by atoms with E-state index >= 15 is 0 Å². The molecule has 0 unspecified atom stereocenters. The molecule has 22 heavy (non-hydrogen) atoms. The minimum Gasteiger partial charge on any atom is -0.483 e. The highest BCUT2D eigenvalue weighted by atomic mass is 16.5. The Bertz CT molecular complexity index is 741. The number of ketones is 1. The van der Waals surface area contributed by atoms with Crippen molar-refractivity contribution in [1.29, 1.82) is 5.26 Å². The molecule has 0 saturated carbocycles. The second kappa shape index (κ2) is 6.03. The Labute approximate surface area is 130 Å². The lowest BCUT2D eigenvalue weighted by Gasteiger charge is -2.14. The predicted molar refractivity (Wildman–Crippen MR) is 84.0 cm³/mol. The van der Waals surface area contributed by atoms with Crippen LogP contribution in [0.15, 0.2) is 42.5 Å². The van der Waals surface area contributed by atoms with E-state index in [0.717, 1.165) is 12.8 Å². The zero-order chi connectivity index (χ0) is 15.5. The van der Waals surface area contributed by atoms with Crippen LogP contribution in [0.25, 0.3) is 0 Å². The molecule has 2 aromatic rings. The van der Waals surface area contributed by atoms with E-state index in [4.69, 9.17) is 10.00 Å². The molecule has 0 bridgehead atoms. The standard InChI is InChI=1S/C19H17NO2/c1-13(22-18-9-5-14(12-20)6-10-18)19(21)17-8-7-15-3-2-4-16(15)11-17/h5-11,13H,2-4H2,1H3/t13-/m1/s1. The zero-order valence-electron chi connectivity index (χ0n) is 12.5. The van der Waals surface area contributed by atoms with E-state index in [1.165, 1.54) is 17.5 Å². The van der Waals surface area contributed by atoms with Crippen LogP contribution >= 0.6 is 0 Å². The van der Waals surface area contributed by atoms with Gasteiger partial charge in [0.1, 0.15) is 5.75 Å². The molecular formula is C19H17NO2. The first-order valence-corrected chi connectivity index (χ1v) is 7.50. The van der Waals surface area contributed by atoms with E-state index in [1.54, 1.807) is 31.2 Å². The number of rotatable bonds is 4. The van der Waals surface area contributed by atoms with E-state index in [-0.39, 0.29) is 5.78 Å². The molecule has 1 aliphatic rings. The van der Waals surface area contributed by atoms with Crippen molar-refractivity contribution in [2.75, 3.05) is 0 Å². The number of carbonyl (C=O) groups excluding carboxylic acids is 1. The van der Waals surface area contributed by atoms with E-state index in [9.17, 15) is 4.79 Å². The van der Waals surface area contributed by atoms with E-state index in [1.807, 2.05) is 12.1 Å². The molecule has 0 amide bonds. The van der Waals surface area contributed by atoms with Gasteiger partial charge in [-0.3, -0.25) is 4.79 Å². The summed E-state index contributed by atoms with van der Waals surface area (Å²) in [4.78, 5) is 12.5. The molecule has 3 rings (SSSR count). The number of benzene rings is 2. The van der Waals surface area contributed by atoms with Crippen LogP contribution in [-0.4, -0.2) is 11.9 Å². The minimum atomic E-state index is -0.549. The van der Waals surface area contributed by atoms with Gasteiger partial charge >= 0.3 is 0 Å². The highest BCUT2D eigenvalue weighted by molar-refractivity contribution is 5.99.